The van der Waals surface area contributed by atoms with E-state index in [4.69, 9.17) is 16.3 Å². The van der Waals surface area contributed by atoms with Gasteiger partial charge in [0.1, 0.15) is 5.75 Å². The van der Waals surface area contributed by atoms with Crippen molar-refractivity contribution in [2.24, 2.45) is 0 Å². The van der Waals surface area contributed by atoms with Crippen LogP contribution >= 0.6 is 11.6 Å². The Hall–Kier alpha value is -3.61. The highest BCUT2D eigenvalue weighted by Crippen LogP contribution is 2.33. The Kier molecular flexibility index (Phi) is 6.32. The first-order valence-electron chi connectivity index (χ1n) is 11.6. The number of hydrogen-bond donors (Lipinski definition) is 1. The molecule has 0 saturated carbocycles. The van der Waals surface area contributed by atoms with E-state index in [2.05, 4.69) is 35.5 Å². The fourth-order valence-electron chi connectivity index (χ4n) is 4.69. The van der Waals surface area contributed by atoms with Crippen molar-refractivity contribution in [2.45, 2.75) is 25.9 Å². The van der Waals surface area contributed by atoms with Crippen LogP contribution in [0, 0.1) is 0 Å². The summed E-state index contributed by atoms with van der Waals surface area (Å²) in [4.78, 5) is 28.2. The van der Waals surface area contributed by atoms with Crippen molar-refractivity contribution < 1.29 is 14.3 Å². The minimum atomic E-state index is -0.505. The number of imide groups is 1. The Labute approximate surface area is 208 Å². The molecule has 7 heteroatoms. The first kappa shape index (κ1) is 23.1. The summed E-state index contributed by atoms with van der Waals surface area (Å²) in [5.41, 5.74) is 3.63. The highest BCUT2D eigenvalue weighted by atomic mass is 35.5. The van der Waals surface area contributed by atoms with Gasteiger partial charge in [0.15, 0.2) is 6.61 Å². The molecule has 0 radical (unpaired) electrons. The Morgan fingerprint density at radius 1 is 1.09 bits per heavy atom. The molecule has 4 aromatic rings. The van der Waals surface area contributed by atoms with Gasteiger partial charge in [0.25, 0.3) is 11.8 Å². The molecule has 1 saturated heterocycles. The molecule has 1 aliphatic rings. The van der Waals surface area contributed by atoms with Gasteiger partial charge in [-0.05, 0) is 61.9 Å². The minimum absolute atomic E-state index is 0.282. The van der Waals surface area contributed by atoms with Gasteiger partial charge in [0.05, 0.1) is 11.7 Å². The minimum Gasteiger partial charge on any atom is -0.484 e. The Morgan fingerprint density at radius 3 is 2.54 bits per heavy atom. The third kappa shape index (κ3) is 4.43. The van der Waals surface area contributed by atoms with Crippen LogP contribution in [0.5, 0.6) is 5.75 Å². The molecule has 2 heterocycles. The van der Waals surface area contributed by atoms with Crippen LogP contribution in [0.2, 0.25) is 5.02 Å². The largest absolute Gasteiger partial charge is 0.484 e. The van der Waals surface area contributed by atoms with Crippen LogP contribution in [0.1, 0.15) is 13.3 Å². The number of amides is 2. The zero-order chi connectivity index (χ0) is 24.5. The van der Waals surface area contributed by atoms with Crippen LogP contribution < -0.4 is 15.0 Å². The van der Waals surface area contributed by atoms with Crippen molar-refractivity contribution in [1.82, 2.24) is 9.88 Å². The number of para-hydroxylation sites is 1. The average Bonchev–Trinajstić information content (AvgIpc) is 3.44. The van der Waals surface area contributed by atoms with E-state index in [0.29, 0.717) is 29.4 Å². The van der Waals surface area contributed by atoms with Crippen molar-refractivity contribution in [2.75, 3.05) is 18.1 Å². The van der Waals surface area contributed by atoms with Gasteiger partial charge in [-0.15, -0.1) is 0 Å². The summed E-state index contributed by atoms with van der Waals surface area (Å²) in [5.74, 6) is -0.251. The number of rotatable bonds is 6. The lowest BCUT2D eigenvalue weighted by Crippen LogP contribution is -2.48. The second-order valence-corrected chi connectivity index (χ2v) is 9.10. The third-order valence-electron chi connectivity index (χ3n) is 6.37. The predicted octanol–water partition coefficient (Wildman–Crippen LogP) is 5.32. The highest BCUT2D eigenvalue weighted by Gasteiger charge is 2.33. The molecule has 2 amide bonds. The number of ether oxygens (including phenoxy) is 1. The maximum absolute atomic E-state index is 13.6. The predicted molar refractivity (Wildman–Crippen MR) is 140 cm³/mol. The molecule has 0 bridgehead atoms. The smallest absolute Gasteiger partial charge is 0.271 e. The van der Waals surface area contributed by atoms with E-state index in [1.807, 2.05) is 30.3 Å². The van der Waals surface area contributed by atoms with E-state index in [1.165, 1.54) is 4.90 Å². The number of halogens is 1. The van der Waals surface area contributed by atoms with Crippen molar-refractivity contribution in [3.63, 3.8) is 0 Å². The monoisotopic (exact) mass is 487 g/mol. The number of aryl methyl sites for hydroxylation is 1. The molecular weight excluding hydrogens is 462 g/mol. The molecule has 1 aliphatic heterocycles. The molecule has 3 aromatic carbocycles. The fraction of sp³-hybridized carbons (Fsp3) is 0.214. The van der Waals surface area contributed by atoms with Crippen molar-refractivity contribution in [1.29, 1.82) is 0 Å². The summed E-state index contributed by atoms with van der Waals surface area (Å²) >= 11 is 5.94. The molecule has 1 N–H and O–H groups in total. The molecule has 1 atom stereocenters. The van der Waals surface area contributed by atoms with E-state index >= 15 is 0 Å². The van der Waals surface area contributed by atoms with Crippen molar-refractivity contribution in [3.05, 3.63) is 83.9 Å². The number of nitrogens with one attached hydrogen (secondary N) is 1. The first-order valence-corrected chi connectivity index (χ1v) is 12.0. The van der Waals surface area contributed by atoms with Gasteiger partial charge in [-0.1, -0.05) is 42.0 Å². The third-order valence-corrected chi connectivity index (χ3v) is 6.62. The number of hydrogen-bond acceptors (Lipinski definition) is 4. The number of carbonyl (C=O) groups excluding carboxylic acids is 2. The van der Waals surface area contributed by atoms with Gasteiger partial charge >= 0.3 is 0 Å². The summed E-state index contributed by atoms with van der Waals surface area (Å²) in [6, 6.07) is 20.1. The number of benzene rings is 3. The van der Waals surface area contributed by atoms with Gasteiger partial charge in [0, 0.05) is 39.9 Å². The lowest BCUT2D eigenvalue weighted by molar-refractivity contribution is -0.128. The number of carbonyl (C=O) groups is 2. The van der Waals surface area contributed by atoms with Crippen LogP contribution in [0.25, 0.3) is 21.8 Å². The molecule has 178 valence electrons. The molecule has 1 fully saturated rings. The van der Waals surface area contributed by atoms with Crippen LogP contribution in [-0.4, -0.2) is 35.6 Å². The van der Waals surface area contributed by atoms with Crippen LogP contribution in [0.4, 0.5) is 5.69 Å². The summed E-state index contributed by atoms with van der Waals surface area (Å²) in [5, 5.41) is 5.82. The summed E-state index contributed by atoms with van der Waals surface area (Å²) < 4.78 is 7.93. The number of fused-ring (bicyclic) bond motifs is 3. The van der Waals surface area contributed by atoms with E-state index in [9.17, 15) is 9.59 Å². The normalized spacial score (nSPS) is 15.6. The number of anilines is 1. The molecule has 35 heavy (non-hydrogen) atoms. The Balaban J connectivity index is 1.53. The summed E-state index contributed by atoms with van der Waals surface area (Å²) in [7, 11) is 0. The zero-order valence-electron chi connectivity index (χ0n) is 19.5. The molecular formula is C28H26ClN3O3. The Bertz CT molecular complexity index is 1440. The number of nitrogens with zero attached hydrogens (tertiary/aromatic N) is 2. The van der Waals surface area contributed by atoms with Crippen LogP contribution in [0.3, 0.4) is 0 Å². The molecule has 0 aliphatic carbocycles. The number of aromatic nitrogens is 1. The second-order valence-electron chi connectivity index (χ2n) is 8.66. The second kappa shape index (κ2) is 9.56. The van der Waals surface area contributed by atoms with Gasteiger partial charge in [-0.2, -0.15) is 0 Å². The average molecular weight is 488 g/mol. The molecule has 1 aromatic heterocycles. The van der Waals surface area contributed by atoms with E-state index < -0.39 is 11.9 Å². The lowest BCUT2D eigenvalue weighted by Gasteiger charge is -2.24. The van der Waals surface area contributed by atoms with Gasteiger partial charge < -0.3 is 14.6 Å². The molecule has 0 spiro atoms. The molecule has 5 rings (SSSR count). The topological polar surface area (TPSA) is 63.6 Å². The van der Waals surface area contributed by atoms with Crippen LogP contribution in [-0.2, 0) is 16.1 Å². The maximum Gasteiger partial charge on any atom is 0.271 e. The Morgan fingerprint density at radius 2 is 1.83 bits per heavy atom. The maximum atomic E-state index is 13.6. The van der Waals surface area contributed by atoms with Crippen molar-refractivity contribution >= 4 is 50.9 Å². The fourth-order valence-corrected chi connectivity index (χ4v) is 4.81. The lowest BCUT2D eigenvalue weighted by atomic mass is 10.1. The summed E-state index contributed by atoms with van der Waals surface area (Å²) in [6.07, 6.45) is 0.498. The van der Waals surface area contributed by atoms with E-state index in [0.717, 1.165) is 33.9 Å². The molecule has 0 unspecified atom stereocenters. The van der Waals surface area contributed by atoms with Crippen molar-refractivity contribution in [3.8, 4) is 5.75 Å². The van der Waals surface area contributed by atoms with Gasteiger partial charge in [-0.3, -0.25) is 9.59 Å². The standard InChI is InChI=1S/C28H26ClN3O3/c1-3-31-25-7-5-4-6-22(25)23-15-20(10-13-26(23)31)32(28(34)24-14-18(2)16-30-24)27(33)17-35-21-11-8-19(29)9-12-21/h4-13,15,24,30H,2-3,14,16-17H2,1H3/t24-/m0/s1. The zero-order valence-corrected chi connectivity index (χ0v) is 20.2. The first-order chi connectivity index (χ1) is 17.0. The van der Waals surface area contributed by atoms with Gasteiger partial charge in [0.2, 0.25) is 0 Å². The quantitative estimate of drug-likeness (QED) is 0.374. The van der Waals surface area contributed by atoms with Gasteiger partial charge in [-0.25, -0.2) is 4.90 Å². The molecule has 6 nitrogen and oxygen atoms in total. The highest BCUT2D eigenvalue weighted by molar-refractivity contribution is 6.30. The van der Waals surface area contributed by atoms with Crippen LogP contribution in [0.15, 0.2) is 78.9 Å². The van der Waals surface area contributed by atoms with E-state index in [1.54, 1.807) is 24.3 Å². The van der Waals surface area contributed by atoms with E-state index in [-0.39, 0.29) is 12.5 Å². The summed E-state index contributed by atoms with van der Waals surface area (Å²) in [6.45, 7) is 7.17. The SMILES string of the molecule is C=C1CN[C@H](C(=O)N(C(=O)COc2ccc(Cl)cc2)c2ccc3c(c2)c2ccccc2n3CC)C1.